The Morgan fingerprint density at radius 3 is 2.80 bits per heavy atom. The highest BCUT2D eigenvalue weighted by Gasteiger charge is 2.06. The molecule has 0 bridgehead atoms. The van der Waals surface area contributed by atoms with Crippen LogP contribution in [0.1, 0.15) is 13.3 Å². The lowest BCUT2D eigenvalue weighted by Crippen LogP contribution is -2.12. The lowest BCUT2D eigenvalue weighted by molar-refractivity contribution is 0.258. The number of halogens is 2. The first-order chi connectivity index (χ1) is 7.17. The molecule has 0 heterocycles. The maximum Gasteiger partial charge on any atom is 0.141 e. The molecule has 0 fully saturated rings. The zero-order valence-corrected chi connectivity index (χ0v) is 11.0. The number of thiol groups is 1. The number of benzene rings is 1. The first-order valence-corrected chi connectivity index (χ1v) is 6.28. The molecular formula is C11H14BrFOS. The molecule has 1 aromatic rings. The molecule has 0 aromatic heterocycles. The van der Waals surface area contributed by atoms with Crippen LogP contribution in [0.2, 0.25) is 0 Å². The summed E-state index contributed by atoms with van der Waals surface area (Å²) in [6, 6.07) is 4.78. The van der Waals surface area contributed by atoms with Crippen LogP contribution in [0.3, 0.4) is 0 Å². The number of hydrogen-bond donors (Lipinski definition) is 1. The van der Waals surface area contributed by atoms with Gasteiger partial charge in [-0.25, -0.2) is 4.39 Å². The van der Waals surface area contributed by atoms with Crippen LogP contribution in [-0.4, -0.2) is 12.4 Å². The van der Waals surface area contributed by atoms with Crippen molar-refractivity contribution >= 4 is 28.6 Å². The van der Waals surface area contributed by atoms with Crippen molar-refractivity contribution < 1.29 is 9.13 Å². The fraction of sp³-hybridized carbons (Fsp3) is 0.455. The molecule has 84 valence electrons. The molecule has 1 rings (SSSR count). The second-order valence-electron chi connectivity index (χ2n) is 3.34. The van der Waals surface area contributed by atoms with Crippen molar-refractivity contribution in [2.24, 2.45) is 5.92 Å². The molecule has 15 heavy (non-hydrogen) atoms. The summed E-state index contributed by atoms with van der Waals surface area (Å²) in [5, 5.41) is 0. The van der Waals surface area contributed by atoms with Gasteiger partial charge in [0, 0.05) is 12.0 Å². The normalized spacial score (nSPS) is 12.5. The van der Waals surface area contributed by atoms with Crippen LogP contribution in [0.25, 0.3) is 0 Å². The van der Waals surface area contributed by atoms with E-state index in [-0.39, 0.29) is 5.82 Å². The van der Waals surface area contributed by atoms with Crippen molar-refractivity contribution in [3.63, 3.8) is 0 Å². The van der Waals surface area contributed by atoms with Gasteiger partial charge in [0.25, 0.3) is 0 Å². The molecule has 4 heteroatoms. The molecule has 1 atom stereocenters. The van der Waals surface area contributed by atoms with E-state index in [0.717, 1.165) is 12.2 Å². The van der Waals surface area contributed by atoms with E-state index in [4.69, 9.17) is 4.74 Å². The van der Waals surface area contributed by atoms with Crippen LogP contribution >= 0.6 is 28.6 Å². The number of rotatable bonds is 5. The third-order valence-electron chi connectivity index (χ3n) is 2.21. The molecule has 0 aliphatic heterocycles. The van der Waals surface area contributed by atoms with Crippen molar-refractivity contribution in [2.75, 3.05) is 12.4 Å². The van der Waals surface area contributed by atoms with Gasteiger partial charge in [0.15, 0.2) is 0 Å². The Bertz CT molecular complexity index is 315. The first kappa shape index (κ1) is 12.8. The summed E-state index contributed by atoms with van der Waals surface area (Å²) in [6.07, 6.45) is 1.02. The Balaban J connectivity index is 2.54. The fourth-order valence-corrected chi connectivity index (χ4v) is 1.69. The predicted octanol–water partition coefficient (Wildman–Crippen LogP) is 3.92. The van der Waals surface area contributed by atoms with Crippen LogP contribution in [0.4, 0.5) is 4.39 Å². The topological polar surface area (TPSA) is 9.23 Å². The van der Waals surface area contributed by atoms with Crippen molar-refractivity contribution in [1.29, 1.82) is 0 Å². The molecule has 0 saturated heterocycles. The average Bonchev–Trinajstić information content (AvgIpc) is 2.24. The molecule has 0 saturated carbocycles. The molecule has 1 nitrogen and oxygen atoms in total. The highest BCUT2D eigenvalue weighted by Crippen LogP contribution is 2.21. The van der Waals surface area contributed by atoms with Crippen molar-refractivity contribution in [3.8, 4) is 5.75 Å². The monoisotopic (exact) mass is 292 g/mol. The number of ether oxygens (including phenoxy) is 1. The van der Waals surface area contributed by atoms with Crippen LogP contribution in [0, 0.1) is 11.7 Å². The minimum absolute atomic E-state index is 0.300. The standard InChI is InChI=1S/C11H14BrFOS/c1-2-8(7-15)6-14-9-3-4-10(12)11(13)5-9/h3-5,8,15H,2,6-7H2,1H3. The summed E-state index contributed by atoms with van der Waals surface area (Å²) >= 11 is 7.31. The van der Waals surface area contributed by atoms with Gasteiger partial charge in [-0.2, -0.15) is 12.6 Å². The highest BCUT2D eigenvalue weighted by atomic mass is 79.9. The number of hydrogen-bond acceptors (Lipinski definition) is 2. The van der Waals surface area contributed by atoms with Gasteiger partial charge in [0.1, 0.15) is 11.6 Å². The van der Waals surface area contributed by atoms with Gasteiger partial charge >= 0.3 is 0 Å². The van der Waals surface area contributed by atoms with Crippen LogP contribution < -0.4 is 4.74 Å². The van der Waals surface area contributed by atoms with Gasteiger partial charge in [-0.15, -0.1) is 0 Å². The second kappa shape index (κ2) is 6.38. The zero-order chi connectivity index (χ0) is 11.3. The summed E-state index contributed by atoms with van der Waals surface area (Å²) in [5.74, 6) is 1.47. The quantitative estimate of drug-likeness (QED) is 0.809. The van der Waals surface area contributed by atoms with E-state index < -0.39 is 0 Å². The highest BCUT2D eigenvalue weighted by molar-refractivity contribution is 9.10. The first-order valence-electron chi connectivity index (χ1n) is 4.86. The fourth-order valence-electron chi connectivity index (χ4n) is 1.08. The Labute approximate surface area is 104 Å². The van der Waals surface area contributed by atoms with Crippen LogP contribution in [0.5, 0.6) is 5.75 Å². The lowest BCUT2D eigenvalue weighted by Gasteiger charge is -2.13. The van der Waals surface area contributed by atoms with Crippen molar-refractivity contribution in [1.82, 2.24) is 0 Å². The van der Waals surface area contributed by atoms with Gasteiger partial charge in [0.05, 0.1) is 11.1 Å². The third-order valence-corrected chi connectivity index (χ3v) is 3.37. The van der Waals surface area contributed by atoms with Gasteiger partial charge < -0.3 is 4.74 Å². The Morgan fingerprint density at radius 1 is 1.53 bits per heavy atom. The maximum absolute atomic E-state index is 13.1. The zero-order valence-electron chi connectivity index (χ0n) is 8.54. The molecule has 0 aliphatic carbocycles. The van der Waals surface area contributed by atoms with E-state index in [9.17, 15) is 4.39 Å². The second-order valence-corrected chi connectivity index (χ2v) is 4.56. The van der Waals surface area contributed by atoms with E-state index in [1.807, 2.05) is 0 Å². The Kier molecular flexibility index (Phi) is 5.47. The molecule has 1 unspecified atom stereocenters. The van der Waals surface area contributed by atoms with Crippen molar-refractivity contribution in [3.05, 3.63) is 28.5 Å². The van der Waals surface area contributed by atoms with Gasteiger partial charge in [-0.3, -0.25) is 0 Å². The SMILES string of the molecule is CCC(CS)COc1ccc(Br)c(F)c1. The molecule has 0 spiro atoms. The minimum Gasteiger partial charge on any atom is -0.493 e. The lowest BCUT2D eigenvalue weighted by atomic mass is 10.1. The van der Waals surface area contributed by atoms with Gasteiger partial charge in [0.2, 0.25) is 0 Å². The van der Waals surface area contributed by atoms with E-state index in [2.05, 4.69) is 35.5 Å². The predicted molar refractivity (Wildman–Crippen MR) is 67.2 cm³/mol. The van der Waals surface area contributed by atoms with Crippen LogP contribution in [0.15, 0.2) is 22.7 Å². The smallest absolute Gasteiger partial charge is 0.141 e. The van der Waals surface area contributed by atoms with E-state index in [1.54, 1.807) is 12.1 Å². The molecule has 0 aliphatic rings. The van der Waals surface area contributed by atoms with Gasteiger partial charge in [-0.1, -0.05) is 6.92 Å². The Hall–Kier alpha value is -0.220. The van der Waals surface area contributed by atoms with E-state index in [0.29, 0.717) is 22.7 Å². The molecule has 1 aromatic carbocycles. The summed E-state index contributed by atoms with van der Waals surface area (Å²) in [5.41, 5.74) is 0. The van der Waals surface area contributed by atoms with Gasteiger partial charge in [-0.05, 0) is 40.2 Å². The summed E-state index contributed by atoms with van der Waals surface area (Å²) < 4.78 is 19.1. The van der Waals surface area contributed by atoms with E-state index >= 15 is 0 Å². The summed E-state index contributed by atoms with van der Waals surface area (Å²) in [4.78, 5) is 0. The Morgan fingerprint density at radius 2 is 2.27 bits per heavy atom. The van der Waals surface area contributed by atoms with E-state index in [1.165, 1.54) is 6.07 Å². The maximum atomic E-state index is 13.1. The average molecular weight is 293 g/mol. The summed E-state index contributed by atoms with van der Waals surface area (Å²) in [6.45, 7) is 2.67. The molecule has 0 amide bonds. The largest absolute Gasteiger partial charge is 0.493 e. The minimum atomic E-state index is -0.300. The van der Waals surface area contributed by atoms with Crippen molar-refractivity contribution in [2.45, 2.75) is 13.3 Å². The third kappa shape index (κ3) is 4.03. The molecule has 0 N–H and O–H groups in total. The molecular weight excluding hydrogens is 279 g/mol. The molecule has 0 radical (unpaired) electrons. The summed E-state index contributed by atoms with van der Waals surface area (Å²) in [7, 11) is 0. The van der Waals surface area contributed by atoms with Crippen LogP contribution in [-0.2, 0) is 0 Å².